The van der Waals surface area contributed by atoms with E-state index in [0.29, 0.717) is 6.61 Å². The van der Waals surface area contributed by atoms with Crippen LogP contribution in [0.5, 0.6) is 0 Å². The van der Waals surface area contributed by atoms with E-state index in [0.717, 1.165) is 12.8 Å². The van der Waals surface area contributed by atoms with Gasteiger partial charge in [0.05, 0.1) is 18.9 Å². The Hall–Kier alpha value is -1.43. The van der Waals surface area contributed by atoms with Gasteiger partial charge in [-0.1, -0.05) is 27.7 Å². The van der Waals surface area contributed by atoms with Crippen LogP contribution >= 0.6 is 0 Å². The summed E-state index contributed by atoms with van der Waals surface area (Å²) in [6.07, 6.45) is 0.749. The van der Waals surface area contributed by atoms with E-state index in [1.807, 2.05) is 0 Å². The highest BCUT2D eigenvalue weighted by atomic mass is 16.5. The van der Waals surface area contributed by atoms with Gasteiger partial charge in [0.15, 0.2) is 6.23 Å². The Balaban J connectivity index is 3.94. The van der Waals surface area contributed by atoms with E-state index in [4.69, 9.17) is 10.5 Å². The fourth-order valence-electron chi connectivity index (χ4n) is 1.77. The number of hydrogen-bond acceptors (Lipinski definition) is 6. The molecule has 6 nitrogen and oxygen atoms in total. The molecule has 0 aromatic carbocycles. The lowest BCUT2D eigenvalue weighted by molar-refractivity contribution is -0.150. The molecule has 2 atom stereocenters. The summed E-state index contributed by atoms with van der Waals surface area (Å²) in [4.78, 5) is 33.4. The molecule has 6 heteroatoms. The number of nitrogens with two attached hydrogens (primary N) is 1. The molecule has 2 unspecified atom stereocenters. The Morgan fingerprint density at radius 3 is 2.38 bits per heavy atom. The van der Waals surface area contributed by atoms with Gasteiger partial charge >= 0.3 is 5.97 Å². The third kappa shape index (κ3) is 11.0. The number of esters is 1. The molecule has 0 aliphatic rings. The molecule has 0 saturated carbocycles. The minimum Gasteiger partial charge on any atom is -0.465 e. The summed E-state index contributed by atoms with van der Waals surface area (Å²) in [6, 6.07) is 0. The number of carbonyl (C=O) groups is 3. The van der Waals surface area contributed by atoms with E-state index in [2.05, 4.69) is 25.5 Å². The highest BCUT2D eigenvalue weighted by Gasteiger charge is 2.20. The van der Waals surface area contributed by atoms with E-state index >= 15 is 0 Å². The maximum absolute atomic E-state index is 11.7. The van der Waals surface area contributed by atoms with E-state index in [1.54, 1.807) is 6.92 Å². The molecule has 21 heavy (non-hydrogen) atoms. The molecule has 2 N–H and O–H groups in total. The lowest BCUT2D eigenvalue weighted by Gasteiger charge is -2.18. The summed E-state index contributed by atoms with van der Waals surface area (Å²) in [6.45, 7) is 8.58. The van der Waals surface area contributed by atoms with Crippen LogP contribution in [0.3, 0.4) is 0 Å². The molecule has 0 rings (SSSR count). The largest absolute Gasteiger partial charge is 0.465 e. The zero-order chi connectivity index (χ0) is 16.5. The molecule has 122 valence electrons. The maximum Gasteiger partial charge on any atom is 0.309 e. The first-order valence-corrected chi connectivity index (χ1v) is 7.18. The van der Waals surface area contributed by atoms with Crippen LogP contribution in [0.25, 0.3) is 0 Å². The van der Waals surface area contributed by atoms with Crippen molar-refractivity contribution in [3.8, 4) is 0 Å². The van der Waals surface area contributed by atoms with E-state index in [9.17, 15) is 14.4 Å². The zero-order valence-corrected chi connectivity index (χ0v) is 13.4. The van der Waals surface area contributed by atoms with Gasteiger partial charge in [-0.3, -0.25) is 20.1 Å². The lowest BCUT2D eigenvalue weighted by atomic mass is 9.91. The zero-order valence-electron chi connectivity index (χ0n) is 13.4. The van der Waals surface area contributed by atoms with Gasteiger partial charge in [0.2, 0.25) is 0 Å². The van der Waals surface area contributed by atoms with Crippen LogP contribution in [0.4, 0.5) is 0 Å². The summed E-state index contributed by atoms with van der Waals surface area (Å²) in [5, 5.41) is 0. The molecule has 0 radical (unpaired) electrons. The second-order valence-corrected chi connectivity index (χ2v) is 6.45. The Kier molecular flexibility index (Phi) is 8.85. The van der Waals surface area contributed by atoms with Crippen molar-refractivity contribution < 1.29 is 23.9 Å². The second-order valence-electron chi connectivity index (χ2n) is 6.45. The smallest absolute Gasteiger partial charge is 0.309 e. The number of Topliss-reactive ketones (excluding diaryl/α,β-unsaturated/α-hetero) is 1. The molecule has 0 aliphatic carbocycles. The average Bonchev–Trinajstić information content (AvgIpc) is 2.33. The predicted molar refractivity (Wildman–Crippen MR) is 78.2 cm³/mol. The molecule has 0 heterocycles. The van der Waals surface area contributed by atoms with Crippen LogP contribution in [-0.4, -0.2) is 31.1 Å². The van der Waals surface area contributed by atoms with Crippen molar-refractivity contribution in [2.24, 2.45) is 17.1 Å². The molecular weight excluding hydrogens is 274 g/mol. The maximum atomic E-state index is 11.7. The van der Waals surface area contributed by atoms with Gasteiger partial charge in [-0.15, -0.1) is 0 Å². The number of ketones is 1. The number of carbonyl (C=O) groups excluding carboxylic acids is 3. The van der Waals surface area contributed by atoms with Gasteiger partial charge in [0.25, 0.3) is 6.47 Å². The molecule has 0 bridgehead atoms. The number of rotatable bonds is 10. The second kappa shape index (κ2) is 9.50. The number of hydrogen-bond donors (Lipinski definition) is 1. The monoisotopic (exact) mass is 301 g/mol. The summed E-state index contributed by atoms with van der Waals surface area (Å²) >= 11 is 0. The summed E-state index contributed by atoms with van der Waals surface area (Å²) in [5.74, 6) is -1.14. The minimum absolute atomic E-state index is 0.0357. The van der Waals surface area contributed by atoms with Crippen LogP contribution in [0.15, 0.2) is 0 Å². The fraction of sp³-hybridized carbons (Fsp3) is 0.800. The summed E-state index contributed by atoms with van der Waals surface area (Å²) in [7, 11) is 0. The van der Waals surface area contributed by atoms with Crippen molar-refractivity contribution >= 4 is 18.2 Å². The highest BCUT2D eigenvalue weighted by molar-refractivity contribution is 5.84. The fourth-order valence-corrected chi connectivity index (χ4v) is 1.77. The van der Waals surface area contributed by atoms with Crippen LogP contribution in [0.1, 0.15) is 53.4 Å². The Labute approximate surface area is 126 Å². The lowest BCUT2D eigenvalue weighted by Crippen LogP contribution is -2.28. The van der Waals surface area contributed by atoms with Crippen molar-refractivity contribution in [3.63, 3.8) is 0 Å². The highest BCUT2D eigenvalue weighted by Crippen LogP contribution is 2.20. The van der Waals surface area contributed by atoms with E-state index in [1.165, 1.54) is 0 Å². The normalized spacial score (nSPS) is 14.1. The van der Waals surface area contributed by atoms with E-state index in [-0.39, 0.29) is 36.5 Å². The predicted octanol–water partition coefficient (Wildman–Crippen LogP) is 1.80. The SMILES string of the molecule is CC(CC(=O)CC(N)OC=O)C(=O)OCCCC(C)(C)C. The Morgan fingerprint density at radius 1 is 1.24 bits per heavy atom. The van der Waals surface area contributed by atoms with Crippen molar-refractivity contribution in [2.75, 3.05) is 6.61 Å². The minimum atomic E-state index is -0.954. The first-order chi connectivity index (χ1) is 9.65. The summed E-state index contributed by atoms with van der Waals surface area (Å²) < 4.78 is 9.57. The first kappa shape index (κ1) is 19.6. The van der Waals surface area contributed by atoms with Gasteiger partial charge in [0, 0.05) is 6.42 Å². The number of ether oxygens (including phenoxy) is 2. The van der Waals surface area contributed by atoms with Crippen molar-refractivity contribution in [3.05, 3.63) is 0 Å². The molecule has 0 aromatic heterocycles. The Bertz CT molecular complexity index is 348. The van der Waals surface area contributed by atoms with Gasteiger partial charge in [-0.25, -0.2) is 0 Å². The van der Waals surface area contributed by atoms with Crippen LogP contribution < -0.4 is 5.73 Å². The van der Waals surface area contributed by atoms with Crippen molar-refractivity contribution in [1.29, 1.82) is 0 Å². The topological polar surface area (TPSA) is 95.7 Å². The molecule has 0 aliphatic heterocycles. The molecule has 0 spiro atoms. The molecule has 0 aromatic rings. The third-order valence-corrected chi connectivity index (χ3v) is 2.91. The molecule has 0 fully saturated rings. The van der Waals surface area contributed by atoms with Crippen LogP contribution in [0.2, 0.25) is 0 Å². The van der Waals surface area contributed by atoms with Gasteiger partial charge in [0.1, 0.15) is 5.78 Å². The Morgan fingerprint density at radius 2 is 1.86 bits per heavy atom. The van der Waals surface area contributed by atoms with Gasteiger partial charge < -0.3 is 9.47 Å². The van der Waals surface area contributed by atoms with Gasteiger partial charge in [-0.05, 0) is 18.3 Å². The quantitative estimate of drug-likeness (QED) is 0.286. The molecule has 0 saturated heterocycles. The third-order valence-electron chi connectivity index (χ3n) is 2.91. The summed E-state index contributed by atoms with van der Waals surface area (Å²) in [5.41, 5.74) is 5.60. The first-order valence-electron chi connectivity index (χ1n) is 7.18. The van der Waals surface area contributed by atoms with Crippen molar-refractivity contribution in [2.45, 2.75) is 59.6 Å². The standard InChI is InChI=1S/C15H27NO5/c1-11(8-12(18)9-13(16)21-10-17)14(19)20-7-5-6-15(2,3)4/h10-11,13H,5-9,16H2,1-4H3. The average molecular weight is 301 g/mol. The van der Waals surface area contributed by atoms with E-state index < -0.39 is 12.1 Å². The van der Waals surface area contributed by atoms with Crippen molar-refractivity contribution in [1.82, 2.24) is 0 Å². The molecular formula is C15H27NO5. The van der Waals surface area contributed by atoms with Crippen LogP contribution in [0, 0.1) is 11.3 Å². The molecule has 0 amide bonds. The van der Waals surface area contributed by atoms with Gasteiger partial charge in [-0.2, -0.15) is 0 Å². The van der Waals surface area contributed by atoms with Crippen LogP contribution in [-0.2, 0) is 23.9 Å².